The molecule has 2 aromatic carbocycles. The van der Waals surface area contributed by atoms with E-state index in [0.717, 1.165) is 24.2 Å². The van der Waals surface area contributed by atoms with Crippen molar-refractivity contribution in [2.24, 2.45) is 0 Å². The van der Waals surface area contributed by atoms with Crippen LogP contribution in [0, 0.1) is 0 Å². The molecule has 1 aliphatic heterocycles. The average Bonchev–Trinajstić information content (AvgIpc) is 2.63. The van der Waals surface area contributed by atoms with Crippen molar-refractivity contribution in [1.29, 1.82) is 0 Å². The van der Waals surface area contributed by atoms with Crippen LogP contribution in [0.3, 0.4) is 0 Å². The molecule has 0 fully saturated rings. The first-order chi connectivity index (χ1) is 9.68. The van der Waals surface area contributed by atoms with Gasteiger partial charge >= 0.3 is 0 Å². The first-order valence-electron chi connectivity index (χ1n) is 6.82. The third-order valence-electron chi connectivity index (χ3n) is 3.69. The van der Waals surface area contributed by atoms with Gasteiger partial charge in [0.2, 0.25) is 5.91 Å². The predicted octanol–water partition coefficient (Wildman–Crippen LogP) is 4.08. The Morgan fingerprint density at radius 1 is 1.00 bits per heavy atom. The van der Waals surface area contributed by atoms with Crippen molar-refractivity contribution in [3.05, 3.63) is 59.7 Å². The molecule has 0 radical (unpaired) electrons. The SMILES string of the molecule is C[C@H](Cl)C(=O)N1c2ccccc2CCc2ccccc21. The van der Waals surface area contributed by atoms with Gasteiger partial charge in [-0.3, -0.25) is 9.69 Å². The maximum atomic E-state index is 12.6. The van der Waals surface area contributed by atoms with Crippen LogP contribution in [0.25, 0.3) is 0 Å². The maximum absolute atomic E-state index is 12.6. The van der Waals surface area contributed by atoms with Crippen molar-refractivity contribution in [2.75, 3.05) is 4.90 Å². The van der Waals surface area contributed by atoms with Crippen LogP contribution in [0.2, 0.25) is 0 Å². The minimum atomic E-state index is -0.547. The summed E-state index contributed by atoms with van der Waals surface area (Å²) in [6.07, 6.45) is 1.88. The number of rotatable bonds is 1. The second kappa shape index (κ2) is 5.29. The fourth-order valence-electron chi connectivity index (χ4n) is 2.70. The summed E-state index contributed by atoms with van der Waals surface area (Å²) in [6, 6.07) is 16.1. The molecule has 20 heavy (non-hydrogen) atoms. The number of carbonyl (C=O) groups is 1. The third kappa shape index (κ3) is 2.20. The molecular formula is C17H16ClNO. The van der Waals surface area contributed by atoms with Gasteiger partial charge < -0.3 is 0 Å². The fourth-order valence-corrected chi connectivity index (χ4v) is 2.79. The number of anilines is 2. The second-order valence-corrected chi connectivity index (χ2v) is 5.70. The van der Waals surface area contributed by atoms with E-state index in [4.69, 9.17) is 11.6 Å². The van der Waals surface area contributed by atoms with Gasteiger partial charge in [0, 0.05) is 0 Å². The molecule has 0 bridgehead atoms. The molecule has 3 rings (SSSR count). The summed E-state index contributed by atoms with van der Waals surface area (Å²) in [5.41, 5.74) is 4.29. The Morgan fingerprint density at radius 3 is 1.90 bits per heavy atom. The molecule has 1 heterocycles. The van der Waals surface area contributed by atoms with E-state index in [1.54, 1.807) is 11.8 Å². The number of amides is 1. The van der Waals surface area contributed by atoms with E-state index in [2.05, 4.69) is 12.1 Å². The molecule has 1 aliphatic rings. The highest BCUT2D eigenvalue weighted by Crippen LogP contribution is 2.36. The topological polar surface area (TPSA) is 20.3 Å². The lowest BCUT2D eigenvalue weighted by atomic mass is 10.0. The summed E-state index contributed by atoms with van der Waals surface area (Å²) in [6.45, 7) is 1.72. The molecule has 3 heteroatoms. The summed E-state index contributed by atoms with van der Waals surface area (Å²) in [7, 11) is 0. The molecule has 2 nitrogen and oxygen atoms in total. The van der Waals surface area contributed by atoms with Crippen LogP contribution in [-0.4, -0.2) is 11.3 Å². The highest BCUT2D eigenvalue weighted by atomic mass is 35.5. The van der Waals surface area contributed by atoms with Crippen molar-refractivity contribution < 1.29 is 4.79 Å². The van der Waals surface area contributed by atoms with E-state index in [1.165, 1.54) is 11.1 Å². The Kier molecular flexibility index (Phi) is 3.49. The molecule has 0 aromatic heterocycles. The monoisotopic (exact) mass is 285 g/mol. The normalized spacial score (nSPS) is 15.0. The minimum absolute atomic E-state index is 0.0755. The van der Waals surface area contributed by atoms with Gasteiger partial charge in [0.15, 0.2) is 0 Å². The molecule has 1 atom stereocenters. The van der Waals surface area contributed by atoms with Crippen LogP contribution in [0.5, 0.6) is 0 Å². The molecular weight excluding hydrogens is 270 g/mol. The van der Waals surface area contributed by atoms with Gasteiger partial charge in [0.1, 0.15) is 5.38 Å². The lowest BCUT2D eigenvalue weighted by molar-refractivity contribution is -0.117. The molecule has 0 saturated heterocycles. The molecule has 0 saturated carbocycles. The van der Waals surface area contributed by atoms with Crippen molar-refractivity contribution in [3.8, 4) is 0 Å². The Balaban J connectivity index is 2.21. The number of alkyl halides is 1. The van der Waals surface area contributed by atoms with E-state index >= 15 is 0 Å². The molecule has 2 aromatic rings. The number of para-hydroxylation sites is 2. The molecule has 0 N–H and O–H groups in total. The molecule has 102 valence electrons. The van der Waals surface area contributed by atoms with Crippen molar-refractivity contribution in [2.45, 2.75) is 25.1 Å². The molecule has 0 unspecified atom stereocenters. The fraction of sp³-hybridized carbons (Fsp3) is 0.235. The van der Waals surface area contributed by atoms with Gasteiger partial charge in [-0.15, -0.1) is 11.6 Å². The summed E-state index contributed by atoms with van der Waals surface area (Å²) in [5, 5.41) is -0.547. The average molecular weight is 286 g/mol. The van der Waals surface area contributed by atoms with E-state index < -0.39 is 5.38 Å². The van der Waals surface area contributed by atoms with E-state index in [9.17, 15) is 4.79 Å². The second-order valence-electron chi connectivity index (χ2n) is 5.05. The number of hydrogen-bond acceptors (Lipinski definition) is 1. The number of carbonyl (C=O) groups excluding carboxylic acids is 1. The summed E-state index contributed by atoms with van der Waals surface area (Å²) >= 11 is 6.06. The predicted molar refractivity (Wildman–Crippen MR) is 82.8 cm³/mol. The van der Waals surface area contributed by atoms with Gasteiger partial charge in [0.05, 0.1) is 11.4 Å². The standard InChI is InChI=1S/C17H16ClNO/c1-12(18)17(20)19-15-8-4-2-6-13(15)10-11-14-7-3-5-9-16(14)19/h2-9,12H,10-11H2,1H3/t12-/m0/s1. The first kappa shape index (κ1) is 13.2. The van der Waals surface area contributed by atoms with Crippen LogP contribution in [-0.2, 0) is 17.6 Å². The van der Waals surface area contributed by atoms with Crippen LogP contribution in [0.4, 0.5) is 11.4 Å². The Bertz CT molecular complexity index is 603. The molecule has 1 amide bonds. The van der Waals surface area contributed by atoms with Gasteiger partial charge in [0.25, 0.3) is 0 Å². The van der Waals surface area contributed by atoms with Crippen LogP contribution in [0.15, 0.2) is 48.5 Å². The van der Waals surface area contributed by atoms with E-state index in [0.29, 0.717) is 0 Å². The van der Waals surface area contributed by atoms with Crippen molar-refractivity contribution >= 4 is 28.9 Å². The van der Waals surface area contributed by atoms with Crippen molar-refractivity contribution in [1.82, 2.24) is 0 Å². The Labute approximate surface area is 124 Å². The zero-order valence-electron chi connectivity index (χ0n) is 11.3. The quantitative estimate of drug-likeness (QED) is 0.723. The number of hydrogen-bond donors (Lipinski definition) is 0. The highest BCUT2D eigenvalue weighted by molar-refractivity contribution is 6.33. The van der Waals surface area contributed by atoms with Crippen LogP contribution < -0.4 is 4.90 Å². The Morgan fingerprint density at radius 2 is 1.45 bits per heavy atom. The third-order valence-corrected chi connectivity index (χ3v) is 3.88. The first-order valence-corrected chi connectivity index (χ1v) is 7.26. The van der Waals surface area contributed by atoms with E-state index in [-0.39, 0.29) is 5.91 Å². The molecule has 0 aliphatic carbocycles. The largest absolute Gasteiger partial charge is 0.279 e. The van der Waals surface area contributed by atoms with Gasteiger partial charge in [-0.25, -0.2) is 0 Å². The number of nitrogens with zero attached hydrogens (tertiary/aromatic N) is 1. The van der Waals surface area contributed by atoms with Crippen LogP contribution >= 0.6 is 11.6 Å². The smallest absolute Gasteiger partial charge is 0.249 e. The minimum Gasteiger partial charge on any atom is -0.279 e. The molecule has 0 spiro atoms. The highest BCUT2D eigenvalue weighted by Gasteiger charge is 2.27. The lowest BCUT2D eigenvalue weighted by Gasteiger charge is -2.26. The van der Waals surface area contributed by atoms with E-state index in [1.807, 2.05) is 36.4 Å². The van der Waals surface area contributed by atoms with Gasteiger partial charge in [-0.05, 0) is 43.0 Å². The summed E-state index contributed by atoms with van der Waals surface area (Å²) in [5.74, 6) is -0.0755. The number of benzene rings is 2. The number of fused-ring (bicyclic) bond motifs is 2. The summed E-state index contributed by atoms with van der Waals surface area (Å²) in [4.78, 5) is 14.3. The summed E-state index contributed by atoms with van der Waals surface area (Å²) < 4.78 is 0. The van der Waals surface area contributed by atoms with Crippen molar-refractivity contribution in [3.63, 3.8) is 0 Å². The Hall–Kier alpha value is -1.80. The zero-order chi connectivity index (χ0) is 14.1. The lowest BCUT2D eigenvalue weighted by Crippen LogP contribution is -2.32. The van der Waals surface area contributed by atoms with Crippen LogP contribution in [0.1, 0.15) is 18.1 Å². The van der Waals surface area contributed by atoms with Gasteiger partial charge in [-0.2, -0.15) is 0 Å². The zero-order valence-corrected chi connectivity index (χ0v) is 12.1. The maximum Gasteiger partial charge on any atom is 0.249 e. The number of aryl methyl sites for hydroxylation is 2. The van der Waals surface area contributed by atoms with Gasteiger partial charge in [-0.1, -0.05) is 36.4 Å². The number of halogens is 1.